The van der Waals surface area contributed by atoms with Gasteiger partial charge in [0.25, 0.3) is 0 Å². The second kappa shape index (κ2) is 8.22. The molecule has 1 heterocycles. The quantitative estimate of drug-likeness (QED) is 0.833. The van der Waals surface area contributed by atoms with Crippen LogP contribution < -0.4 is 4.72 Å². The monoisotopic (exact) mass is 382 g/mol. The molecule has 0 saturated carbocycles. The molecule has 0 bridgehead atoms. The lowest BCUT2D eigenvalue weighted by Crippen LogP contribution is -2.43. The molecule has 0 radical (unpaired) electrons. The van der Waals surface area contributed by atoms with Gasteiger partial charge in [0.1, 0.15) is 11.6 Å². The molecule has 1 aliphatic heterocycles. The van der Waals surface area contributed by atoms with Gasteiger partial charge in [-0.25, -0.2) is 21.9 Å². The Bertz CT molecular complexity index is 821. The minimum Gasteiger partial charge on any atom is -0.379 e. The fourth-order valence-electron chi connectivity index (χ4n) is 2.92. The molecular weight excluding hydrogens is 362 g/mol. The smallest absolute Gasteiger partial charge is 0.247 e. The van der Waals surface area contributed by atoms with Crippen LogP contribution in [0.5, 0.6) is 0 Å². The standard InChI is InChI=1S/C18H20F2N2O3S/c19-15-7-4-8-16(20)18(15)26(23,24)21-17(14-5-2-1-3-6-14)13-22-9-11-25-12-10-22/h1-8,17,21H,9-13H2. The Morgan fingerprint density at radius 2 is 1.62 bits per heavy atom. The molecule has 140 valence electrons. The van der Waals surface area contributed by atoms with E-state index in [1.807, 2.05) is 6.07 Å². The van der Waals surface area contributed by atoms with Gasteiger partial charge in [-0.1, -0.05) is 36.4 Å². The zero-order valence-electron chi connectivity index (χ0n) is 14.1. The number of morpholine rings is 1. The summed E-state index contributed by atoms with van der Waals surface area (Å²) in [4.78, 5) is 1.10. The van der Waals surface area contributed by atoms with E-state index in [2.05, 4.69) is 9.62 Å². The number of hydrogen-bond acceptors (Lipinski definition) is 4. The summed E-state index contributed by atoms with van der Waals surface area (Å²) in [6.45, 7) is 2.84. The summed E-state index contributed by atoms with van der Waals surface area (Å²) in [5, 5.41) is 0. The topological polar surface area (TPSA) is 58.6 Å². The Morgan fingerprint density at radius 1 is 1.00 bits per heavy atom. The molecule has 1 atom stereocenters. The fraction of sp³-hybridized carbons (Fsp3) is 0.333. The van der Waals surface area contributed by atoms with Gasteiger partial charge in [-0.3, -0.25) is 4.90 Å². The van der Waals surface area contributed by atoms with Crippen molar-refractivity contribution in [3.63, 3.8) is 0 Å². The largest absolute Gasteiger partial charge is 0.379 e. The number of hydrogen-bond donors (Lipinski definition) is 1. The van der Waals surface area contributed by atoms with Gasteiger partial charge < -0.3 is 4.74 Å². The molecule has 0 aliphatic carbocycles. The van der Waals surface area contributed by atoms with E-state index in [1.165, 1.54) is 0 Å². The molecule has 2 aromatic carbocycles. The van der Waals surface area contributed by atoms with Crippen LogP contribution in [0.25, 0.3) is 0 Å². The molecule has 1 aliphatic rings. The first-order chi connectivity index (χ1) is 12.5. The van der Waals surface area contributed by atoms with Crippen molar-refractivity contribution in [1.29, 1.82) is 0 Å². The number of halogens is 2. The average molecular weight is 382 g/mol. The van der Waals surface area contributed by atoms with Crippen molar-refractivity contribution < 1.29 is 21.9 Å². The average Bonchev–Trinajstić information content (AvgIpc) is 2.62. The van der Waals surface area contributed by atoms with Gasteiger partial charge in [0, 0.05) is 19.6 Å². The van der Waals surface area contributed by atoms with Crippen molar-refractivity contribution in [2.24, 2.45) is 0 Å². The highest BCUT2D eigenvalue weighted by Gasteiger charge is 2.28. The molecule has 2 aromatic rings. The zero-order valence-corrected chi connectivity index (χ0v) is 14.9. The summed E-state index contributed by atoms with van der Waals surface area (Å²) in [5.41, 5.74) is 0.722. The van der Waals surface area contributed by atoms with Crippen molar-refractivity contribution in [1.82, 2.24) is 9.62 Å². The number of rotatable bonds is 6. The van der Waals surface area contributed by atoms with Gasteiger partial charge in [0.2, 0.25) is 10.0 Å². The van der Waals surface area contributed by atoms with Crippen LogP contribution in [-0.4, -0.2) is 46.2 Å². The van der Waals surface area contributed by atoms with Gasteiger partial charge in [-0.15, -0.1) is 0 Å². The third-order valence-electron chi connectivity index (χ3n) is 4.23. The van der Waals surface area contributed by atoms with Crippen molar-refractivity contribution >= 4 is 10.0 Å². The Kier molecular flexibility index (Phi) is 5.98. The molecule has 1 saturated heterocycles. The van der Waals surface area contributed by atoms with Crippen LogP contribution in [0.3, 0.4) is 0 Å². The van der Waals surface area contributed by atoms with E-state index in [0.29, 0.717) is 32.8 Å². The predicted molar refractivity (Wildman–Crippen MR) is 93.1 cm³/mol. The molecule has 26 heavy (non-hydrogen) atoms. The highest BCUT2D eigenvalue weighted by molar-refractivity contribution is 7.89. The van der Waals surface area contributed by atoms with E-state index in [0.717, 1.165) is 23.8 Å². The predicted octanol–water partition coefficient (Wildman–Crippen LogP) is 2.32. The molecule has 0 spiro atoms. The minimum atomic E-state index is -4.38. The van der Waals surface area contributed by atoms with Crippen LogP contribution in [0.2, 0.25) is 0 Å². The van der Waals surface area contributed by atoms with Crippen LogP contribution in [0.4, 0.5) is 8.78 Å². The minimum absolute atomic E-state index is 0.378. The second-order valence-electron chi connectivity index (χ2n) is 6.05. The maximum Gasteiger partial charge on any atom is 0.247 e. The number of sulfonamides is 1. The number of benzene rings is 2. The maximum absolute atomic E-state index is 14.0. The summed E-state index contributed by atoms with van der Waals surface area (Å²) in [6, 6.07) is 11.3. The summed E-state index contributed by atoms with van der Waals surface area (Å²) in [7, 11) is -4.38. The second-order valence-corrected chi connectivity index (χ2v) is 7.70. The first-order valence-electron chi connectivity index (χ1n) is 8.29. The lowest BCUT2D eigenvalue weighted by Gasteiger charge is -2.31. The van der Waals surface area contributed by atoms with Crippen LogP contribution in [0, 0.1) is 11.6 Å². The lowest BCUT2D eigenvalue weighted by molar-refractivity contribution is 0.0345. The van der Waals surface area contributed by atoms with Crippen molar-refractivity contribution in [2.75, 3.05) is 32.8 Å². The summed E-state index contributed by atoms with van der Waals surface area (Å²) in [6.07, 6.45) is 0. The first-order valence-corrected chi connectivity index (χ1v) is 9.77. The molecule has 1 N–H and O–H groups in total. The first kappa shape index (κ1) is 18.9. The Hall–Kier alpha value is -1.87. The zero-order chi connectivity index (χ0) is 18.6. The molecule has 8 heteroatoms. The SMILES string of the molecule is O=S(=O)(NC(CN1CCOCC1)c1ccccc1)c1c(F)cccc1F. The van der Waals surface area contributed by atoms with E-state index < -0.39 is 32.6 Å². The van der Waals surface area contributed by atoms with Gasteiger partial charge in [0.15, 0.2) is 4.90 Å². The molecule has 3 rings (SSSR count). The fourth-order valence-corrected chi connectivity index (χ4v) is 4.28. The third kappa shape index (κ3) is 4.45. The molecular formula is C18H20F2N2O3S. The maximum atomic E-state index is 14.0. The number of nitrogens with one attached hydrogen (secondary N) is 1. The summed E-state index contributed by atoms with van der Waals surface area (Å²) >= 11 is 0. The van der Waals surface area contributed by atoms with E-state index >= 15 is 0 Å². The van der Waals surface area contributed by atoms with Crippen molar-refractivity contribution in [2.45, 2.75) is 10.9 Å². The Labute approximate surface area is 151 Å². The molecule has 0 aromatic heterocycles. The lowest BCUT2D eigenvalue weighted by atomic mass is 10.1. The Balaban J connectivity index is 1.89. The van der Waals surface area contributed by atoms with Gasteiger partial charge >= 0.3 is 0 Å². The summed E-state index contributed by atoms with van der Waals surface area (Å²) in [5.74, 6) is -2.23. The van der Waals surface area contributed by atoms with Crippen LogP contribution in [0.15, 0.2) is 53.4 Å². The molecule has 5 nitrogen and oxygen atoms in total. The summed E-state index contributed by atoms with van der Waals surface area (Å²) < 4.78 is 61.0. The van der Waals surface area contributed by atoms with E-state index in [1.54, 1.807) is 24.3 Å². The van der Waals surface area contributed by atoms with Crippen LogP contribution in [-0.2, 0) is 14.8 Å². The van der Waals surface area contributed by atoms with Crippen molar-refractivity contribution in [3.8, 4) is 0 Å². The third-order valence-corrected chi connectivity index (χ3v) is 5.75. The highest BCUT2D eigenvalue weighted by Crippen LogP contribution is 2.23. The molecule has 1 fully saturated rings. The molecule has 0 amide bonds. The molecule has 1 unspecified atom stereocenters. The van der Waals surface area contributed by atoms with Gasteiger partial charge in [-0.2, -0.15) is 0 Å². The normalized spacial score (nSPS) is 17.2. The Morgan fingerprint density at radius 3 is 2.23 bits per heavy atom. The van der Waals surface area contributed by atoms with Crippen LogP contribution in [0.1, 0.15) is 11.6 Å². The van der Waals surface area contributed by atoms with Crippen LogP contribution >= 0.6 is 0 Å². The number of nitrogens with zero attached hydrogens (tertiary/aromatic N) is 1. The van der Waals surface area contributed by atoms with Gasteiger partial charge in [0.05, 0.1) is 19.3 Å². The van der Waals surface area contributed by atoms with E-state index in [4.69, 9.17) is 4.74 Å². The van der Waals surface area contributed by atoms with Gasteiger partial charge in [-0.05, 0) is 17.7 Å². The van der Waals surface area contributed by atoms with E-state index in [9.17, 15) is 17.2 Å². The van der Waals surface area contributed by atoms with Crippen molar-refractivity contribution in [3.05, 3.63) is 65.7 Å². The highest BCUT2D eigenvalue weighted by atomic mass is 32.2. The van der Waals surface area contributed by atoms with E-state index in [-0.39, 0.29) is 0 Å². The number of ether oxygens (including phenoxy) is 1.